The second-order valence-electron chi connectivity index (χ2n) is 4.63. The summed E-state index contributed by atoms with van der Waals surface area (Å²) >= 11 is 0. The Balaban J connectivity index is 1.83. The van der Waals surface area contributed by atoms with E-state index in [4.69, 9.17) is 14.6 Å². The van der Waals surface area contributed by atoms with E-state index in [1.165, 1.54) is 0 Å². The van der Waals surface area contributed by atoms with Crippen LogP contribution in [0.4, 0.5) is 0 Å². The molecular weight excluding hydrogens is 234 g/mol. The molecule has 2 aliphatic heterocycles. The number of fused-ring (bicyclic) bond motifs is 1. The molecule has 3 rings (SSSR count). The van der Waals surface area contributed by atoms with Gasteiger partial charge in [0.1, 0.15) is 0 Å². The van der Waals surface area contributed by atoms with Crippen molar-refractivity contribution in [2.24, 2.45) is 0 Å². The van der Waals surface area contributed by atoms with Crippen molar-refractivity contribution in [3.63, 3.8) is 0 Å². The van der Waals surface area contributed by atoms with Crippen LogP contribution in [-0.2, 0) is 4.79 Å². The van der Waals surface area contributed by atoms with Crippen LogP contribution in [0.1, 0.15) is 24.4 Å². The van der Waals surface area contributed by atoms with Gasteiger partial charge in [-0.05, 0) is 37.1 Å². The molecule has 0 aromatic heterocycles. The van der Waals surface area contributed by atoms with Crippen molar-refractivity contribution in [2.45, 2.75) is 18.9 Å². The van der Waals surface area contributed by atoms with Crippen molar-refractivity contribution in [2.75, 3.05) is 19.9 Å². The fraction of sp³-hybridized carbons (Fsp3) is 0.462. The highest BCUT2D eigenvalue weighted by atomic mass is 16.7. The third-order valence-electron chi connectivity index (χ3n) is 3.48. The molecule has 1 fully saturated rings. The Bertz CT molecular complexity index is 474. The van der Waals surface area contributed by atoms with Gasteiger partial charge in [-0.3, -0.25) is 9.69 Å². The third-order valence-corrected chi connectivity index (χ3v) is 3.48. The highest BCUT2D eigenvalue weighted by Gasteiger charge is 2.28. The molecule has 96 valence electrons. The van der Waals surface area contributed by atoms with Crippen molar-refractivity contribution in [3.8, 4) is 11.5 Å². The Kier molecular flexibility index (Phi) is 2.83. The minimum atomic E-state index is -0.775. The quantitative estimate of drug-likeness (QED) is 0.882. The van der Waals surface area contributed by atoms with Crippen LogP contribution in [0, 0.1) is 0 Å². The van der Waals surface area contributed by atoms with Gasteiger partial charge < -0.3 is 14.6 Å². The van der Waals surface area contributed by atoms with Crippen LogP contribution in [0.2, 0.25) is 0 Å². The van der Waals surface area contributed by atoms with E-state index in [9.17, 15) is 4.79 Å². The first-order valence-electron chi connectivity index (χ1n) is 6.09. The number of aliphatic carboxylic acids is 1. The van der Waals surface area contributed by atoms with Gasteiger partial charge in [0.05, 0.1) is 6.54 Å². The van der Waals surface area contributed by atoms with Crippen molar-refractivity contribution in [1.29, 1.82) is 0 Å². The Morgan fingerprint density at radius 1 is 1.39 bits per heavy atom. The summed E-state index contributed by atoms with van der Waals surface area (Å²) in [5.74, 6) is 0.749. The Morgan fingerprint density at radius 2 is 2.22 bits per heavy atom. The van der Waals surface area contributed by atoms with Crippen LogP contribution in [-0.4, -0.2) is 35.9 Å². The summed E-state index contributed by atoms with van der Waals surface area (Å²) in [4.78, 5) is 12.8. The molecular formula is C13H15NO4. The molecule has 5 nitrogen and oxygen atoms in total. The van der Waals surface area contributed by atoms with Gasteiger partial charge in [0.15, 0.2) is 11.5 Å². The number of nitrogens with zero attached hydrogens (tertiary/aromatic N) is 1. The summed E-state index contributed by atoms with van der Waals surface area (Å²) < 4.78 is 10.6. The number of hydrogen-bond donors (Lipinski definition) is 1. The number of carbonyl (C=O) groups is 1. The number of hydrogen-bond acceptors (Lipinski definition) is 4. The van der Waals surface area contributed by atoms with Gasteiger partial charge in [-0.1, -0.05) is 6.07 Å². The maximum atomic E-state index is 10.8. The van der Waals surface area contributed by atoms with Crippen molar-refractivity contribution in [3.05, 3.63) is 23.8 Å². The molecule has 1 aromatic carbocycles. The molecule has 1 saturated heterocycles. The van der Waals surface area contributed by atoms with Gasteiger partial charge in [0.25, 0.3) is 0 Å². The molecule has 2 heterocycles. The summed E-state index contributed by atoms with van der Waals surface area (Å²) in [5, 5.41) is 8.91. The molecule has 1 aromatic rings. The number of benzene rings is 1. The number of carboxylic acid groups (broad SMARTS) is 1. The molecule has 0 amide bonds. The van der Waals surface area contributed by atoms with Gasteiger partial charge in [0, 0.05) is 6.04 Å². The lowest BCUT2D eigenvalue weighted by atomic mass is 10.0. The normalized spacial score (nSPS) is 22.3. The Morgan fingerprint density at radius 3 is 3.06 bits per heavy atom. The first-order chi connectivity index (χ1) is 8.74. The predicted octanol–water partition coefficient (Wildman–Crippen LogP) is 1.64. The van der Waals surface area contributed by atoms with E-state index in [1.54, 1.807) is 0 Å². The van der Waals surface area contributed by atoms with Crippen LogP contribution in [0.5, 0.6) is 11.5 Å². The number of ether oxygens (including phenoxy) is 2. The topological polar surface area (TPSA) is 59.0 Å². The second-order valence-corrected chi connectivity index (χ2v) is 4.63. The summed E-state index contributed by atoms with van der Waals surface area (Å²) in [7, 11) is 0. The lowest BCUT2D eigenvalue weighted by Gasteiger charge is -2.23. The van der Waals surface area contributed by atoms with Crippen molar-refractivity contribution in [1.82, 2.24) is 4.90 Å². The van der Waals surface area contributed by atoms with E-state index < -0.39 is 5.97 Å². The van der Waals surface area contributed by atoms with Gasteiger partial charge >= 0.3 is 5.97 Å². The zero-order valence-corrected chi connectivity index (χ0v) is 9.96. The molecule has 0 unspecified atom stereocenters. The summed E-state index contributed by atoms with van der Waals surface area (Å²) in [6.45, 7) is 1.20. The molecule has 5 heteroatoms. The van der Waals surface area contributed by atoms with Crippen LogP contribution in [0.15, 0.2) is 18.2 Å². The number of rotatable bonds is 3. The SMILES string of the molecule is O=C(O)CN1CCC[C@H]1c1ccc2c(c1)OCO2. The monoisotopic (exact) mass is 249 g/mol. The van der Waals surface area contributed by atoms with Crippen LogP contribution >= 0.6 is 0 Å². The maximum absolute atomic E-state index is 10.8. The van der Waals surface area contributed by atoms with E-state index in [-0.39, 0.29) is 19.4 Å². The molecule has 0 aliphatic carbocycles. The van der Waals surface area contributed by atoms with Crippen LogP contribution < -0.4 is 9.47 Å². The van der Waals surface area contributed by atoms with Crippen molar-refractivity contribution >= 4 is 5.97 Å². The molecule has 0 radical (unpaired) electrons. The minimum absolute atomic E-state index is 0.0963. The molecule has 1 N–H and O–H groups in total. The minimum Gasteiger partial charge on any atom is -0.480 e. The van der Waals surface area contributed by atoms with Gasteiger partial charge in [-0.25, -0.2) is 0 Å². The molecule has 1 atom stereocenters. The molecule has 18 heavy (non-hydrogen) atoms. The first-order valence-corrected chi connectivity index (χ1v) is 6.09. The fourth-order valence-corrected chi connectivity index (χ4v) is 2.69. The lowest BCUT2D eigenvalue weighted by Crippen LogP contribution is -2.29. The van der Waals surface area contributed by atoms with E-state index in [0.29, 0.717) is 0 Å². The Hall–Kier alpha value is -1.75. The Labute approximate surface area is 105 Å². The van der Waals surface area contributed by atoms with E-state index in [2.05, 4.69) is 0 Å². The molecule has 0 spiro atoms. The summed E-state index contributed by atoms with van der Waals surface area (Å²) in [6.07, 6.45) is 2.03. The molecule has 2 aliphatic rings. The lowest BCUT2D eigenvalue weighted by molar-refractivity contribution is -0.138. The summed E-state index contributed by atoms with van der Waals surface area (Å²) in [6, 6.07) is 6.04. The van der Waals surface area contributed by atoms with Gasteiger partial charge in [0.2, 0.25) is 6.79 Å². The molecule has 0 saturated carbocycles. The van der Waals surface area contributed by atoms with Crippen LogP contribution in [0.3, 0.4) is 0 Å². The maximum Gasteiger partial charge on any atom is 0.317 e. The number of carboxylic acids is 1. The van der Waals surface area contributed by atoms with Gasteiger partial charge in [-0.15, -0.1) is 0 Å². The van der Waals surface area contributed by atoms with Crippen molar-refractivity contribution < 1.29 is 19.4 Å². The standard InChI is InChI=1S/C13H15NO4/c15-13(16)7-14-5-1-2-10(14)9-3-4-11-12(6-9)18-8-17-11/h3-4,6,10H,1-2,5,7-8H2,(H,15,16)/t10-/m0/s1. The predicted molar refractivity (Wildman–Crippen MR) is 63.7 cm³/mol. The highest BCUT2D eigenvalue weighted by Crippen LogP contribution is 2.38. The van der Waals surface area contributed by atoms with E-state index in [0.717, 1.165) is 36.4 Å². The third kappa shape index (κ3) is 2.01. The van der Waals surface area contributed by atoms with E-state index in [1.807, 2.05) is 23.1 Å². The zero-order chi connectivity index (χ0) is 12.5. The summed E-state index contributed by atoms with van der Waals surface area (Å²) in [5.41, 5.74) is 1.11. The molecule has 0 bridgehead atoms. The second kappa shape index (κ2) is 4.49. The average molecular weight is 249 g/mol. The smallest absolute Gasteiger partial charge is 0.317 e. The average Bonchev–Trinajstić information content (AvgIpc) is 2.95. The zero-order valence-electron chi connectivity index (χ0n) is 9.96. The largest absolute Gasteiger partial charge is 0.480 e. The fourth-order valence-electron chi connectivity index (χ4n) is 2.69. The highest BCUT2D eigenvalue weighted by molar-refractivity contribution is 5.69. The number of likely N-dealkylation sites (tertiary alicyclic amines) is 1. The first kappa shape index (κ1) is 11.3. The van der Waals surface area contributed by atoms with E-state index >= 15 is 0 Å². The van der Waals surface area contributed by atoms with Crippen LogP contribution in [0.25, 0.3) is 0 Å². The van der Waals surface area contributed by atoms with Gasteiger partial charge in [-0.2, -0.15) is 0 Å².